The first kappa shape index (κ1) is 15.3. The Bertz CT molecular complexity index is 1020. The van der Waals surface area contributed by atoms with E-state index in [1.54, 1.807) is 36.4 Å². The fraction of sp³-hybridized carbons (Fsp3) is 0. The molecule has 1 heterocycles. The Balaban J connectivity index is 1.99. The molecule has 0 aliphatic heterocycles. The predicted molar refractivity (Wildman–Crippen MR) is 87.5 cm³/mol. The van der Waals surface area contributed by atoms with Crippen molar-refractivity contribution in [3.05, 3.63) is 71.1 Å². The van der Waals surface area contributed by atoms with Crippen LogP contribution < -0.4 is 11.2 Å². The fourth-order valence-corrected chi connectivity index (χ4v) is 2.09. The van der Waals surface area contributed by atoms with E-state index in [9.17, 15) is 9.60 Å². The second-order valence-electron chi connectivity index (χ2n) is 4.86. The van der Waals surface area contributed by atoms with E-state index in [1.165, 1.54) is 18.3 Å². The SMILES string of the molecule is N=c1c(/C(N)=N/N=C/c2ccccc2F)nc2ccccc2n1O. The molecule has 0 aliphatic carbocycles. The summed E-state index contributed by atoms with van der Waals surface area (Å²) in [5.74, 6) is -0.602. The molecule has 8 heteroatoms. The number of rotatable bonds is 3. The lowest BCUT2D eigenvalue weighted by atomic mass is 10.2. The number of aromatic nitrogens is 2. The second kappa shape index (κ2) is 6.29. The lowest BCUT2D eigenvalue weighted by Crippen LogP contribution is -2.31. The minimum absolute atomic E-state index is 0.0260. The third-order valence-electron chi connectivity index (χ3n) is 3.29. The smallest absolute Gasteiger partial charge is 0.191 e. The first-order chi connectivity index (χ1) is 11.6. The highest BCUT2D eigenvalue weighted by molar-refractivity contribution is 5.97. The van der Waals surface area contributed by atoms with Crippen LogP contribution in [0.2, 0.25) is 0 Å². The number of hydrogen-bond donors (Lipinski definition) is 3. The third kappa shape index (κ3) is 2.84. The largest absolute Gasteiger partial charge is 0.426 e. The number of hydrogen-bond acceptors (Lipinski definition) is 5. The van der Waals surface area contributed by atoms with Crippen LogP contribution in [0.5, 0.6) is 0 Å². The van der Waals surface area contributed by atoms with Crippen LogP contribution in [0, 0.1) is 11.2 Å². The Morgan fingerprint density at radius 1 is 1.21 bits per heavy atom. The fourth-order valence-electron chi connectivity index (χ4n) is 2.09. The zero-order chi connectivity index (χ0) is 17.1. The van der Waals surface area contributed by atoms with E-state index in [0.29, 0.717) is 15.8 Å². The molecule has 0 spiro atoms. The van der Waals surface area contributed by atoms with E-state index >= 15 is 0 Å². The van der Waals surface area contributed by atoms with Crippen LogP contribution in [-0.4, -0.2) is 27.0 Å². The summed E-state index contributed by atoms with van der Waals surface area (Å²) in [5, 5.41) is 25.4. The maximum atomic E-state index is 13.5. The molecule has 0 fully saturated rings. The van der Waals surface area contributed by atoms with Crippen molar-refractivity contribution in [2.75, 3.05) is 0 Å². The third-order valence-corrected chi connectivity index (χ3v) is 3.29. The van der Waals surface area contributed by atoms with Crippen molar-refractivity contribution in [3.8, 4) is 0 Å². The molecule has 0 aliphatic rings. The minimum Gasteiger partial charge on any atom is -0.426 e. The van der Waals surface area contributed by atoms with E-state index in [1.807, 2.05) is 0 Å². The van der Waals surface area contributed by atoms with E-state index in [0.717, 1.165) is 0 Å². The topological polar surface area (TPSA) is 113 Å². The average Bonchev–Trinajstić information content (AvgIpc) is 2.59. The highest BCUT2D eigenvalue weighted by atomic mass is 19.1. The molecule has 2 aromatic carbocycles. The number of nitrogens with one attached hydrogen (secondary N) is 1. The first-order valence-electron chi connectivity index (χ1n) is 6.95. The van der Waals surface area contributed by atoms with Crippen molar-refractivity contribution in [1.29, 1.82) is 5.41 Å². The van der Waals surface area contributed by atoms with Crippen molar-refractivity contribution in [2.45, 2.75) is 0 Å². The molecular formula is C16H13FN6O. The van der Waals surface area contributed by atoms with Gasteiger partial charge in [0.05, 0.1) is 11.7 Å². The molecule has 0 atom stereocenters. The Morgan fingerprint density at radius 3 is 2.71 bits per heavy atom. The zero-order valence-electron chi connectivity index (χ0n) is 12.4. The molecular weight excluding hydrogens is 311 g/mol. The molecule has 0 saturated carbocycles. The maximum Gasteiger partial charge on any atom is 0.191 e. The molecule has 4 N–H and O–H groups in total. The number of halogens is 1. The molecule has 0 unspecified atom stereocenters. The summed E-state index contributed by atoms with van der Waals surface area (Å²) in [4.78, 5) is 4.21. The number of nitrogens with two attached hydrogens (primary N) is 1. The predicted octanol–water partition coefficient (Wildman–Crippen LogP) is 1.63. The Kier molecular flexibility index (Phi) is 4.02. The van der Waals surface area contributed by atoms with Gasteiger partial charge in [0.15, 0.2) is 17.0 Å². The lowest BCUT2D eigenvalue weighted by Gasteiger charge is -2.06. The van der Waals surface area contributed by atoms with Crippen molar-refractivity contribution in [1.82, 2.24) is 9.71 Å². The summed E-state index contributed by atoms with van der Waals surface area (Å²) in [5.41, 5.74) is 6.51. The van der Waals surface area contributed by atoms with Gasteiger partial charge in [-0.25, -0.2) is 9.37 Å². The number of nitrogens with zero attached hydrogens (tertiary/aromatic N) is 4. The molecule has 0 amide bonds. The van der Waals surface area contributed by atoms with Gasteiger partial charge in [0.1, 0.15) is 11.3 Å². The first-order valence-corrected chi connectivity index (χ1v) is 6.95. The van der Waals surface area contributed by atoms with Gasteiger partial charge >= 0.3 is 0 Å². The van der Waals surface area contributed by atoms with Gasteiger partial charge in [0, 0.05) is 5.56 Å². The van der Waals surface area contributed by atoms with Crippen LogP contribution in [0.15, 0.2) is 58.7 Å². The summed E-state index contributed by atoms with van der Waals surface area (Å²) >= 11 is 0. The van der Waals surface area contributed by atoms with Crippen LogP contribution in [0.4, 0.5) is 4.39 Å². The van der Waals surface area contributed by atoms with Gasteiger partial charge in [-0.05, 0) is 18.2 Å². The molecule has 3 aromatic rings. The molecule has 0 saturated heterocycles. The number of fused-ring (bicyclic) bond motifs is 1. The average molecular weight is 324 g/mol. The van der Waals surface area contributed by atoms with E-state index in [4.69, 9.17) is 11.1 Å². The van der Waals surface area contributed by atoms with Gasteiger partial charge in [-0.3, -0.25) is 5.41 Å². The summed E-state index contributed by atoms with van der Waals surface area (Å²) in [6.07, 6.45) is 1.21. The van der Waals surface area contributed by atoms with Gasteiger partial charge in [-0.2, -0.15) is 9.83 Å². The number of para-hydroxylation sites is 2. The van der Waals surface area contributed by atoms with Crippen LogP contribution >= 0.6 is 0 Å². The summed E-state index contributed by atoms with van der Waals surface area (Å²) < 4.78 is 14.1. The van der Waals surface area contributed by atoms with E-state index in [2.05, 4.69) is 15.2 Å². The lowest BCUT2D eigenvalue weighted by molar-refractivity contribution is 0.183. The van der Waals surface area contributed by atoms with Crippen LogP contribution in [-0.2, 0) is 0 Å². The zero-order valence-corrected chi connectivity index (χ0v) is 12.4. The van der Waals surface area contributed by atoms with Gasteiger partial charge < -0.3 is 10.9 Å². The van der Waals surface area contributed by atoms with Crippen LogP contribution in [0.1, 0.15) is 11.3 Å². The van der Waals surface area contributed by atoms with Gasteiger partial charge in [-0.1, -0.05) is 30.3 Å². The summed E-state index contributed by atoms with van der Waals surface area (Å²) in [6, 6.07) is 12.8. The van der Waals surface area contributed by atoms with Gasteiger partial charge in [-0.15, -0.1) is 5.10 Å². The summed E-state index contributed by atoms with van der Waals surface area (Å²) in [6.45, 7) is 0. The van der Waals surface area contributed by atoms with Crippen LogP contribution in [0.25, 0.3) is 11.0 Å². The Morgan fingerprint density at radius 2 is 1.92 bits per heavy atom. The minimum atomic E-state index is -0.437. The molecule has 3 rings (SSSR count). The molecule has 1 aromatic heterocycles. The normalized spacial score (nSPS) is 12.1. The van der Waals surface area contributed by atoms with Gasteiger partial charge in [0.2, 0.25) is 0 Å². The highest BCUT2D eigenvalue weighted by Crippen LogP contribution is 2.08. The molecule has 7 nitrogen and oxygen atoms in total. The highest BCUT2D eigenvalue weighted by Gasteiger charge is 2.10. The quantitative estimate of drug-likeness (QED) is 0.294. The number of amidine groups is 1. The maximum absolute atomic E-state index is 13.5. The monoisotopic (exact) mass is 324 g/mol. The number of benzene rings is 2. The molecule has 0 bridgehead atoms. The van der Waals surface area contributed by atoms with E-state index in [-0.39, 0.29) is 22.6 Å². The molecule has 0 radical (unpaired) electrons. The summed E-state index contributed by atoms with van der Waals surface area (Å²) in [7, 11) is 0. The van der Waals surface area contributed by atoms with Crippen LogP contribution in [0.3, 0.4) is 0 Å². The van der Waals surface area contributed by atoms with Crippen molar-refractivity contribution in [3.63, 3.8) is 0 Å². The van der Waals surface area contributed by atoms with Crippen molar-refractivity contribution >= 4 is 23.1 Å². The molecule has 24 heavy (non-hydrogen) atoms. The molecule has 120 valence electrons. The van der Waals surface area contributed by atoms with E-state index < -0.39 is 5.82 Å². The second-order valence-corrected chi connectivity index (χ2v) is 4.86. The van der Waals surface area contributed by atoms with Gasteiger partial charge in [0.25, 0.3) is 0 Å². The Labute approximate surface area is 135 Å². The Hall–Kier alpha value is -3.55. The van der Waals surface area contributed by atoms with Crippen molar-refractivity contribution in [2.24, 2.45) is 15.9 Å². The standard InChI is InChI=1S/C16H13FN6O/c17-11-6-2-1-5-10(11)9-20-22-15(18)14-16(19)23(24)13-8-4-3-7-12(13)21-14/h1-9,19,24H,(H2,18,22)/b19-16?,20-9+. The van der Waals surface area contributed by atoms with Crippen molar-refractivity contribution < 1.29 is 9.60 Å².